The molecule has 7 nitrogen and oxygen atoms in total. The molecule has 8 atom stereocenters. The second kappa shape index (κ2) is 14.5. The maximum Gasteiger partial charge on any atom is 0.338 e. The van der Waals surface area contributed by atoms with Crippen LogP contribution in [0.5, 0.6) is 0 Å². The van der Waals surface area contributed by atoms with Crippen LogP contribution in [0.4, 0.5) is 0 Å². The minimum atomic E-state index is -0.762. The van der Waals surface area contributed by atoms with Crippen LogP contribution in [0.3, 0.4) is 0 Å². The van der Waals surface area contributed by atoms with E-state index >= 15 is 0 Å². The van der Waals surface area contributed by atoms with Crippen LogP contribution in [0.25, 0.3) is 5.57 Å². The highest BCUT2D eigenvalue weighted by atomic mass is 16.6. The van der Waals surface area contributed by atoms with Crippen LogP contribution in [-0.4, -0.2) is 78.0 Å². The fourth-order valence-corrected chi connectivity index (χ4v) is 14.0. The molecule has 0 aromatic heterocycles. The smallest absolute Gasteiger partial charge is 0.338 e. The number of aliphatic hydroxyl groups excluding tert-OH is 1. The molecule has 0 unspecified atom stereocenters. The van der Waals surface area contributed by atoms with Crippen molar-refractivity contribution in [3.05, 3.63) is 52.6 Å². The third-order valence-corrected chi connectivity index (χ3v) is 16.9. The highest BCUT2D eigenvalue weighted by molar-refractivity contribution is 6.01. The number of ketones is 1. The van der Waals surface area contributed by atoms with Gasteiger partial charge >= 0.3 is 5.97 Å². The zero-order valence-electron chi connectivity index (χ0n) is 37.5. The summed E-state index contributed by atoms with van der Waals surface area (Å²) in [4.78, 5) is 44.5. The molecule has 1 N–H and O–H groups in total. The van der Waals surface area contributed by atoms with Crippen LogP contribution in [-0.2, 0) is 14.3 Å². The number of hydrogen-bond acceptors (Lipinski definition) is 6. The monoisotopic (exact) mass is 783 g/mol. The maximum atomic E-state index is 14.3. The molecular formula is C50H74N2O5. The Hall–Kier alpha value is -2.77. The Labute approximate surface area is 344 Å². The van der Waals surface area contributed by atoms with Crippen LogP contribution in [0, 0.1) is 56.7 Å². The Morgan fingerprint density at radius 2 is 1.56 bits per heavy atom. The molecule has 1 amide bonds. The zero-order valence-corrected chi connectivity index (χ0v) is 37.5. The molecule has 0 saturated heterocycles. The van der Waals surface area contributed by atoms with Crippen molar-refractivity contribution in [1.29, 1.82) is 0 Å². The van der Waals surface area contributed by atoms with Crippen molar-refractivity contribution in [2.75, 3.05) is 33.7 Å². The third-order valence-electron chi connectivity index (χ3n) is 16.9. The molecule has 57 heavy (non-hydrogen) atoms. The summed E-state index contributed by atoms with van der Waals surface area (Å²) in [5.74, 6) is 1.92. The number of rotatable bonds is 10. The lowest BCUT2D eigenvalue weighted by atomic mass is 9.33. The molecule has 6 aliphatic rings. The van der Waals surface area contributed by atoms with Gasteiger partial charge in [-0.1, -0.05) is 72.2 Å². The molecule has 4 fully saturated rings. The summed E-state index contributed by atoms with van der Waals surface area (Å²) in [6.07, 6.45) is 11.7. The van der Waals surface area contributed by atoms with Crippen molar-refractivity contribution in [2.45, 2.75) is 145 Å². The van der Waals surface area contributed by atoms with Crippen LogP contribution in [0.1, 0.15) is 149 Å². The summed E-state index contributed by atoms with van der Waals surface area (Å²) in [7, 11) is 3.86. The van der Waals surface area contributed by atoms with Crippen molar-refractivity contribution < 1.29 is 24.2 Å². The average Bonchev–Trinajstić information content (AvgIpc) is 3.86. The number of benzene rings is 1. The van der Waals surface area contributed by atoms with Crippen LogP contribution < -0.4 is 0 Å². The molecule has 6 aliphatic carbocycles. The van der Waals surface area contributed by atoms with Gasteiger partial charge in [0.25, 0.3) is 0 Å². The van der Waals surface area contributed by atoms with Gasteiger partial charge in [-0.15, -0.1) is 0 Å². The highest BCUT2D eigenvalue weighted by Crippen LogP contribution is 2.77. The number of carbonyl (C=O) groups excluding carboxylic acids is 3. The van der Waals surface area contributed by atoms with Crippen molar-refractivity contribution in [2.24, 2.45) is 56.7 Å². The Morgan fingerprint density at radius 1 is 0.895 bits per heavy atom. The second-order valence-corrected chi connectivity index (χ2v) is 22.5. The van der Waals surface area contributed by atoms with E-state index in [0.29, 0.717) is 49.4 Å². The standard InChI is InChI=1S/C50H74N2O5/c1-31(2)42-37(53)27-50(40(54)29-52(28-32-13-14-32)41(55)30-51(11)12)26-25-48(9)36(43(42)50)19-20-39-47(8)23-21-35(46(6,7)38(47)22-24-49(39,48)10)33-15-17-34(18-16-33)44(56)57-45(3,4)5/h15-18,21,31-32,36,38-40,54H,13-14,19-20,22-30H2,1-12H3/t36-,38+,39-,40+,47+,48-,49-,50+/m1/s1. The van der Waals surface area contributed by atoms with E-state index in [9.17, 15) is 19.5 Å². The number of allylic oxidation sites excluding steroid dienone is 3. The molecule has 0 radical (unpaired) electrons. The summed E-state index contributed by atoms with van der Waals surface area (Å²) in [6, 6.07) is 8.08. The number of ether oxygens (including phenoxy) is 1. The number of amides is 1. The minimum Gasteiger partial charge on any atom is -0.456 e. The molecular weight excluding hydrogens is 709 g/mol. The lowest BCUT2D eigenvalue weighted by Gasteiger charge is -2.71. The molecule has 0 aliphatic heterocycles. The number of nitrogens with zero attached hydrogens (tertiary/aromatic N) is 2. The van der Waals surface area contributed by atoms with E-state index in [1.54, 1.807) is 0 Å². The molecule has 0 heterocycles. The molecule has 1 aromatic rings. The summed E-state index contributed by atoms with van der Waals surface area (Å²) in [5.41, 5.74) is 4.44. The van der Waals surface area contributed by atoms with E-state index in [-0.39, 0.29) is 51.2 Å². The summed E-state index contributed by atoms with van der Waals surface area (Å²) >= 11 is 0. The summed E-state index contributed by atoms with van der Waals surface area (Å²) in [5, 5.41) is 12.5. The maximum absolute atomic E-state index is 14.3. The topological polar surface area (TPSA) is 87.2 Å². The first-order valence-electron chi connectivity index (χ1n) is 22.4. The van der Waals surface area contributed by atoms with Gasteiger partial charge in [-0.25, -0.2) is 4.79 Å². The molecule has 314 valence electrons. The second-order valence-electron chi connectivity index (χ2n) is 22.5. The Balaban J connectivity index is 1.19. The molecule has 7 heteroatoms. The van der Waals surface area contributed by atoms with E-state index in [1.165, 1.54) is 16.7 Å². The number of carbonyl (C=O) groups is 3. The number of fused-ring (bicyclic) bond motifs is 7. The van der Waals surface area contributed by atoms with Crippen LogP contribution in [0.2, 0.25) is 0 Å². The van der Waals surface area contributed by atoms with Crippen molar-refractivity contribution in [3.8, 4) is 0 Å². The fourth-order valence-electron chi connectivity index (χ4n) is 14.0. The lowest BCUT2D eigenvalue weighted by molar-refractivity contribution is -0.200. The van der Waals surface area contributed by atoms with Gasteiger partial charge in [-0.3, -0.25) is 9.59 Å². The van der Waals surface area contributed by atoms with Crippen molar-refractivity contribution in [1.82, 2.24) is 9.80 Å². The van der Waals surface area contributed by atoms with Gasteiger partial charge in [0.15, 0.2) is 5.78 Å². The first kappa shape index (κ1) is 42.4. The highest BCUT2D eigenvalue weighted by Gasteiger charge is 2.70. The summed E-state index contributed by atoms with van der Waals surface area (Å²) in [6.45, 7) is 24.1. The molecule has 1 aromatic carbocycles. The number of hydrogen-bond donors (Lipinski definition) is 1. The first-order valence-corrected chi connectivity index (χ1v) is 22.4. The van der Waals surface area contributed by atoms with Crippen LogP contribution >= 0.6 is 0 Å². The van der Waals surface area contributed by atoms with Gasteiger partial charge < -0.3 is 19.6 Å². The van der Waals surface area contributed by atoms with E-state index in [0.717, 1.165) is 63.4 Å². The fraction of sp³-hybridized carbons (Fsp3) is 0.740. The molecule has 0 bridgehead atoms. The van der Waals surface area contributed by atoms with E-state index < -0.39 is 17.1 Å². The molecule has 0 spiro atoms. The van der Waals surface area contributed by atoms with Gasteiger partial charge in [0, 0.05) is 24.9 Å². The zero-order chi connectivity index (χ0) is 41.7. The van der Waals surface area contributed by atoms with Gasteiger partial charge in [0.1, 0.15) is 5.60 Å². The quantitative estimate of drug-likeness (QED) is 0.238. The van der Waals surface area contributed by atoms with Crippen molar-refractivity contribution >= 4 is 23.2 Å². The largest absolute Gasteiger partial charge is 0.456 e. The Morgan fingerprint density at radius 3 is 2.16 bits per heavy atom. The van der Waals surface area contributed by atoms with Crippen molar-refractivity contribution in [3.63, 3.8) is 0 Å². The lowest BCUT2D eigenvalue weighted by Crippen LogP contribution is -2.64. The third kappa shape index (κ3) is 7.00. The predicted molar refractivity (Wildman–Crippen MR) is 228 cm³/mol. The molecule has 7 rings (SSSR count). The van der Waals surface area contributed by atoms with E-state index in [2.05, 4.69) is 66.7 Å². The van der Waals surface area contributed by atoms with Gasteiger partial charge in [-0.2, -0.15) is 0 Å². The van der Waals surface area contributed by atoms with Gasteiger partial charge in [-0.05, 0) is 173 Å². The summed E-state index contributed by atoms with van der Waals surface area (Å²) < 4.78 is 5.65. The number of Topliss-reactive ketones (excluding diaryl/α,β-unsaturated/α-hetero) is 1. The van der Waals surface area contributed by atoms with E-state index in [4.69, 9.17) is 4.74 Å². The number of aliphatic hydroxyl groups is 1. The SMILES string of the molecule is CC(C)C1=C2[C@H]3CC[C@@H]4[C@@]5(C)CC=C(c6ccc(C(=O)OC(C)(C)C)cc6)C(C)(C)[C@@H]5CC[C@@]4(C)[C@]3(C)CC[C@@]2([C@@H](O)CN(CC2CC2)C(=O)CN(C)C)CC1=O. The Kier molecular flexibility index (Phi) is 10.7. The Bertz CT molecular complexity index is 1830. The molecule has 4 saturated carbocycles. The van der Waals surface area contributed by atoms with Crippen LogP contribution in [0.15, 0.2) is 41.5 Å². The average molecular weight is 783 g/mol. The van der Waals surface area contributed by atoms with Gasteiger partial charge in [0.05, 0.1) is 18.2 Å². The predicted octanol–water partition coefficient (Wildman–Crippen LogP) is 9.78. The normalized spacial score (nSPS) is 35.2. The van der Waals surface area contributed by atoms with E-state index in [1.807, 2.05) is 56.8 Å². The number of esters is 1. The minimum absolute atomic E-state index is 0.00667. The van der Waals surface area contributed by atoms with Gasteiger partial charge in [0.2, 0.25) is 5.91 Å². The number of likely N-dealkylation sites (N-methyl/N-ethyl adjacent to an activating group) is 1. The first-order chi connectivity index (χ1) is 26.5.